The van der Waals surface area contributed by atoms with Gasteiger partial charge in [0.15, 0.2) is 11.6 Å². The highest BCUT2D eigenvalue weighted by Gasteiger charge is 2.47. The van der Waals surface area contributed by atoms with Crippen molar-refractivity contribution in [1.82, 2.24) is 19.5 Å². The Bertz CT molecular complexity index is 3730. The molecule has 13 rings (SSSR count). The van der Waals surface area contributed by atoms with Crippen molar-refractivity contribution in [1.29, 1.82) is 0 Å². The number of nitrogens with zero attached hydrogens (tertiary/aromatic N) is 5. The number of para-hydroxylation sites is 2. The SMILES string of the molecule is c1ccc(-c2cccc(-n3c4ccccc4c4cc(-c5ccc6c(c5)N(c5nc(-c7ccccc7)nc(-c7ccccc7)n5)c5ccccc5C6(c5ccccc5)c5ccccc5)ccc43)c2)cc1. The first-order valence-electron chi connectivity index (χ1n) is 23.4. The fourth-order valence-electron chi connectivity index (χ4n) is 10.6. The van der Waals surface area contributed by atoms with Gasteiger partial charge in [0.25, 0.3) is 0 Å². The minimum atomic E-state index is -0.688. The molecule has 324 valence electrons. The molecule has 5 heteroatoms. The van der Waals surface area contributed by atoms with E-state index in [9.17, 15) is 0 Å². The van der Waals surface area contributed by atoms with Gasteiger partial charge in [0.1, 0.15) is 0 Å². The third kappa shape index (κ3) is 6.66. The van der Waals surface area contributed by atoms with Crippen LogP contribution in [0.5, 0.6) is 0 Å². The van der Waals surface area contributed by atoms with E-state index >= 15 is 0 Å². The Hall–Kier alpha value is -9.19. The molecular formula is C64H43N5. The van der Waals surface area contributed by atoms with Crippen LogP contribution in [0.15, 0.2) is 261 Å². The Labute approximate surface area is 401 Å². The predicted molar refractivity (Wildman–Crippen MR) is 282 cm³/mol. The molecule has 5 nitrogen and oxygen atoms in total. The minimum Gasteiger partial charge on any atom is -0.309 e. The van der Waals surface area contributed by atoms with E-state index in [4.69, 9.17) is 15.0 Å². The molecule has 69 heavy (non-hydrogen) atoms. The molecule has 12 aromatic rings. The Morgan fingerprint density at radius 1 is 0.304 bits per heavy atom. The number of anilines is 3. The van der Waals surface area contributed by atoms with E-state index in [1.165, 1.54) is 33.0 Å². The molecule has 0 saturated carbocycles. The summed E-state index contributed by atoms with van der Waals surface area (Å²) >= 11 is 0. The summed E-state index contributed by atoms with van der Waals surface area (Å²) in [6.45, 7) is 0. The third-order valence-corrected chi connectivity index (χ3v) is 13.7. The first-order chi connectivity index (χ1) is 34.2. The summed E-state index contributed by atoms with van der Waals surface area (Å²) in [7, 11) is 0. The molecule has 0 spiro atoms. The standard InChI is InChI=1S/C64H43N5/c1-6-21-44(22-7-1)47-27-20-32-52(41-47)68-57-35-18-16-33-53(57)54-42-48(38-40-58(54)68)49-37-39-56-60(43-49)69(63-66-61(45-23-8-2-9-24-45)65-62(67-63)46-25-10-3-11-26-46)59-36-19-17-34-55(59)64(56,50-28-12-4-13-29-50)51-30-14-5-15-31-51/h1-43H. The number of fused-ring (bicyclic) bond motifs is 5. The monoisotopic (exact) mass is 881 g/mol. The van der Waals surface area contributed by atoms with E-state index in [0.29, 0.717) is 17.6 Å². The highest BCUT2D eigenvalue weighted by Crippen LogP contribution is 2.58. The van der Waals surface area contributed by atoms with E-state index in [-0.39, 0.29) is 0 Å². The van der Waals surface area contributed by atoms with Crippen LogP contribution in [0.3, 0.4) is 0 Å². The molecular weight excluding hydrogens is 839 g/mol. The molecule has 0 unspecified atom stereocenters. The van der Waals surface area contributed by atoms with Gasteiger partial charge in [-0.15, -0.1) is 0 Å². The highest BCUT2D eigenvalue weighted by molar-refractivity contribution is 6.10. The zero-order valence-electron chi connectivity index (χ0n) is 37.6. The normalized spacial score (nSPS) is 12.7. The van der Waals surface area contributed by atoms with Gasteiger partial charge in [-0.1, -0.05) is 218 Å². The molecule has 0 fully saturated rings. The Kier molecular flexibility index (Phi) is 9.65. The van der Waals surface area contributed by atoms with E-state index in [0.717, 1.165) is 61.5 Å². The largest absolute Gasteiger partial charge is 0.309 e. The van der Waals surface area contributed by atoms with Crippen LogP contribution in [0.25, 0.3) is 72.5 Å². The highest BCUT2D eigenvalue weighted by atomic mass is 15.3. The van der Waals surface area contributed by atoms with Gasteiger partial charge in [0.2, 0.25) is 5.95 Å². The van der Waals surface area contributed by atoms with Crippen molar-refractivity contribution >= 4 is 39.1 Å². The quantitative estimate of drug-likeness (QED) is 0.153. The van der Waals surface area contributed by atoms with Gasteiger partial charge in [0.05, 0.1) is 27.8 Å². The van der Waals surface area contributed by atoms with E-state index in [1.807, 2.05) is 36.4 Å². The second-order valence-corrected chi connectivity index (χ2v) is 17.6. The molecule has 0 bridgehead atoms. The summed E-state index contributed by atoms with van der Waals surface area (Å²) in [5.74, 6) is 1.75. The lowest BCUT2D eigenvalue weighted by Crippen LogP contribution is -2.38. The molecule has 2 aromatic heterocycles. The van der Waals surface area contributed by atoms with Crippen LogP contribution in [0, 0.1) is 0 Å². The van der Waals surface area contributed by atoms with Gasteiger partial charge in [-0.25, -0.2) is 4.98 Å². The topological polar surface area (TPSA) is 46.8 Å². The minimum absolute atomic E-state index is 0.541. The van der Waals surface area contributed by atoms with Crippen molar-refractivity contribution in [3.63, 3.8) is 0 Å². The second kappa shape index (κ2) is 16.6. The van der Waals surface area contributed by atoms with Gasteiger partial charge in [-0.3, -0.25) is 4.90 Å². The fraction of sp³-hybridized carbons (Fsp3) is 0.0156. The van der Waals surface area contributed by atoms with Gasteiger partial charge in [0, 0.05) is 27.6 Å². The van der Waals surface area contributed by atoms with Gasteiger partial charge in [-0.2, -0.15) is 9.97 Å². The predicted octanol–water partition coefficient (Wildman–Crippen LogP) is 15.8. The van der Waals surface area contributed by atoms with Crippen molar-refractivity contribution < 1.29 is 0 Å². The molecule has 1 aliphatic heterocycles. The van der Waals surface area contributed by atoms with Crippen molar-refractivity contribution in [3.05, 3.63) is 283 Å². The number of benzene rings is 10. The molecule has 0 aliphatic carbocycles. The zero-order chi connectivity index (χ0) is 45.7. The van der Waals surface area contributed by atoms with Crippen LogP contribution in [-0.2, 0) is 5.41 Å². The van der Waals surface area contributed by atoms with Crippen LogP contribution in [0.1, 0.15) is 22.3 Å². The molecule has 0 radical (unpaired) electrons. The average molecular weight is 882 g/mol. The van der Waals surface area contributed by atoms with Gasteiger partial charge in [-0.05, 0) is 87.0 Å². The smallest absolute Gasteiger partial charge is 0.238 e. The van der Waals surface area contributed by atoms with E-state index < -0.39 is 5.41 Å². The Balaban J connectivity index is 1.06. The lowest BCUT2D eigenvalue weighted by Gasteiger charge is -2.46. The van der Waals surface area contributed by atoms with Crippen molar-refractivity contribution in [3.8, 4) is 50.7 Å². The maximum atomic E-state index is 5.38. The van der Waals surface area contributed by atoms with Crippen molar-refractivity contribution in [2.24, 2.45) is 0 Å². The van der Waals surface area contributed by atoms with Crippen LogP contribution in [-0.4, -0.2) is 19.5 Å². The zero-order valence-corrected chi connectivity index (χ0v) is 37.6. The van der Waals surface area contributed by atoms with E-state index in [1.54, 1.807) is 0 Å². The molecule has 1 aliphatic rings. The molecule has 0 atom stereocenters. The molecule has 0 amide bonds. The lowest BCUT2D eigenvalue weighted by molar-refractivity contribution is 0.728. The molecule has 3 heterocycles. The summed E-state index contributed by atoms with van der Waals surface area (Å²) < 4.78 is 2.40. The van der Waals surface area contributed by atoms with Crippen LogP contribution >= 0.6 is 0 Å². The maximum absolute atomic E-state index is 5.38. The van der Waals surface area contributed by atoms with Gasteiger partial charge >= 0.3 is 0 Å². The average Bonchev–Trinajstić information content (AvgIpc) is 3.77. The van der Waals surface area contributed by atoms with Crippen LogP contribution < -0.4 is 4.90 Å². The Morgan fingerprint density at radius 2 is 0.797 bits per heavy atom. The number of rotatable bonds is 8. The first kappa shape index (κ1) is 40.1. The van der Waals surface area contributed by atoms with Crippen molar-refractivity contribution in [2.75, 3.05) is 4.90 Å². The number of aromatic nitrogens is 4. The summed E-state index contributed by atoms with van der Waals surface area (Å²) in [4.78, 5) is 18.1. The van der Waals surface area contributed by atoms with Gasteiger partial charge < -0.3 is 4.57 Å². The van der Waals surface area contributed by atoms with Crippen molar-refractivity contribution in [2.45, 2.75) is 5.41 Å². The summed E-state index contributed by atoms with van der Waals surface area (Å²) in [5.41, 5.74) is 15.8. The van der Waals surface area contributed by atoms with Crippen LogP contribution in [0.4, 0.5) is 17.3 Å². The third-order valence-electron chi connectivity index (χ3n) is 13.7. The summed E-state index contributed by atoms with van der Waals surface area (Å²) in [5, 5.41) is 2.39. The molecule has 10 aromatic carbocycles. The Morgan fingerprint density at radius 3 is 1.46 bits per heavy atom. The second-order valence-electron chi connectivity index (χ2n) is 17.6. The molecule has 0 N–H and O–H groups in total. The van der Waals surface area contributed by atoms with Crippen LogP contribution in [0.2, 0.25) is 0 Å². The van der Waals surface area contributed by atoms with E-state index in [2.05, 4.69) is 234 Å². The summed E-state index contributed by atoms with van der Waals surface area (Å²) in [6.07, 6.45) is 0. The lowest BCUT2D eigenvalue weighted by atomic mass is 9.62. The molecule has 0 saturated heterocycles. The first-order valence-corrected chi connectivity index (χ1v) is 23.4. The number of hydrogen-bond donors (Lipinski definition) is 0. The number of hydrogen-bond acceptors (Lipinski definition) is 4. The maximum Gasteiger partial charge on any atom is 0.238 e. The summed E-state index contributed by atoms with van der Waals surface area (Å²) in [6, 6.07) is 93.2. The fourth-order valence-corrected chi connectivity index (χ4v) is 10.6.